The van der Waals surface area contributed by atoms with Crippen molar-refractivity contribution >= 4 is 17.6 Å². The van der Waals surface area contributed by atoms with Crippen molar-refractivity contribution in [1.29, 1.82) is 0 Å². The minimum atomic E-state index is -0.979. The molecule has 0 amide bonds. The van der Waals surface area contributed by atoms with E-state index >= 15 is 0 Å². The highest BCUT2D eigenvalue weighted by atomic mass is 35.5. The molecule has 4 aromatic rings. The Kier molecular flexibility index (Phi) is 7.11. The summed E-state index contributed by atoms with van der Waals surface area (Å²) in [4.78, 5) is 11.1. The fourth-order valence-corrected chi connectivity index (χ4v) is 4.98. The summed E-state index contributed by atoms with van der Waals surface area (Å²) >= 11 is 6.46. The number of para-hydroxylation sites is 1. The van der Waals surface area contributed by atoms with Crippen LogP contribution >= 0.6 is 11.6 Å². The Labute approximate surface area is 218 Å². The van der Waals surface area contributed by atoms with Gasteiger partial charge in [0.15, 0.2) is 17.3 Å². The number of carbonyl (C=O) groups is 1. The van der Waals surface area contributed by atoms with Crippen LogP contribution in [-0.4, -0.2) is 50.1 Å². The zero-order chi connectivity index (χ0) is 25.9. The third kappa shape index (κ3) is 4.90. The number of benzene rings is 2. The quantitative estimate of drug-likeness (QED) is 0.343. The molecule has 0 unspecified atom stereocenters. The van der Waals surface area contributed by atoms with Crippen LogP contribution in [0.2, 0.25) is 5.02 Å². The maximum atomic E-state index is 11.1. The standard InChI is InChI=1S/C26H26ClN5O5/c1-35-22-8-3-6-17(26(22)36-2)25-18-14-16(27)10-11-19(18)31-12-4-7-20(31)21(37-25)9-5-13-32-23(15-24(33)34)28-29-30-32/h3-4,6-8,10-12,14,21,25H,5,9,13,15H2,1-2H3,(H,33,34)/t21-,25-/m1/s1. The number of tetrazole rings is 1. The van der Waals surface area contributed by atoms with E-state index in [9.17, 15) is 4.79 Å². The lowest BCUT2D eigenvalue weighted by molar-refractivity contribution is -0.136. The molecular weight excluding hydrogens is 498 g/mol. The van der Waals surface area contributed by atoms with Crippen molar-refractivity contribution in [2.24, 2.45) is 0 Å². The predicted molar refractivity (Wildman–Crippen MR) is 134 cm³/mol. The lowest BCUT2D eigenvalue weighted by Gasteiger charge is -2.25. The molecule has 11 heteroatoms. The summed E-state index contributed by atoms with van der Waals surface area (Å²) in [7, 11) is 3.21. The summed E-state index contributed by atoms with van der Waals surface area (Å²) in [5.74, 6) is 0.543. The van der Waals surface area contributed by atoms with Crippen LogP contribution in [0, 0.1) is 0 Å². The van der Waals surface area contributed by atoms with Gasteiger partial charge in [0.1, 0.15) is 12.5 Å². The van der Waals surface area contributed by atoms with Gasteiger partial charge < -0.3 is 23.9 Å². The van der Waals surface area contributed by atoms with E-state index in [1.807, 2.05) is 54.7 Å². The number of fused-ring (bicyclic) bond motifs is 3. The summed E-state index contributed by atoms with van der Waals surface area (Å²) in [6, 6.07) is 15.5. The zero-order valence-electron chi connectivity index (χ0n) is 20.4. The fourth-order valence-electron chi connectivity index (χ4n) is 4.80. The molecule has 0 saturated heterocycles. The van der Waals surface area contributed by atoms with Crippen molar-refractivity contribution in [2.75, 3.05) is 14.2 Å². The number of hydrogen-bond donors (Lipinski definition) is 1. The van der Waals surface area contributed by atoms with E-state index in [2.05, 4.69) is 20.1 Å². The number of aryl methyl sites for hydroxylation is 1. The molecule has 2 atom stereocenters. The molecule has 1 N–H and O–H groups in total. The molecule has 1 aliphatic heterocycles. The normalized spacial score (nSPS) is 16.5. The average Bonchev–Trinajstić information content (AvgIpc) is 3.52. The Morgan fingerprint density at radius 3 is 2.78 bits per heavy atom. The van der Waals surface area contributed by atoms with E-state index in [1.54, 1.807) is 14.2 Å². The number of hydrogen-bond acceptors (Lipinski definition) is 7. The van der Waals surface area contributed by atoms with Crippen molar-refractivity contribution in [3.63, 3.8) is 0 Å². The molecule has 1 aliphatic rings. The maximum absolute atomic E-state index is 11.1. The number of carboxylic acids is 1. The molecule has 0 bridgehead atoms. The van der Waals surface area contributed by atoms with Gasteiger partial charge in [0.25, 0.3) is 0 Å². The SMILES string of the molecule is COc1cccc([C@H]2O[C@H](CCCn3nnnc3CC(=O)O)c3cccn3-c3ccc(Cl)cc32)c1OC. The topological polar surface area (TPSA) is 114 Å². The van der Waals surface area contributed by atoms with Crippen LogP contribution in [0.5, 0.6) is 11.5 Å². The molecule has 0 spiro atoms. The van der Waals surface area contributed by atoms with Gasteiger partial charge in [0.2, 0.25) is 0 Å². The van der Waals surface area contributed by atoms with Crippen LogP contribution in [0.4, 0.5) is 0 Å². The molecule has 192 valence electrons. The fraction of sp³-hybridized carbons (Fsp3) is 0.308. The molecule has 2 aromatic heterocycles. The molecule has 5 rings (SSSR count). The first-order valence-corrected chi connectivity index (χ1v) is 12.2. The maximum Gasteiger partial charge on any atom is 0.311 e. The van der Waals surface area contributed by atoms with Gasteiger partial charge in [-0.25, -0.2) is 4.68 Å². The third-order valence-electron chi connectivity index (χ3n) is 6.41. The Morgan fingerprint density at radius 2 is 2.00 bits per heavy atom. The minimum absolute atomic E-state index is 0.233. The van der Waals surface area contributed by atoms with Gasteiger partial charge in [-0.3, -0.25) is 4.79 Å². The Hall–Kier alpha value is -3.89. The molecule has 0 aliphatic carbocycles. The second kappa shape index (κ2) is 10.6. The summed E-state index contributed by atoms with van der Waals surface area (Å²) in [6.07, 6.45) is 2.30. The number of halogens is 1. The Balaban J connectivity index is 1.51. The van der Waals surface area contributed by atoms with E-state index in [4.69, 9.17) is 30.9 Å². The third-order valence-corrected chi connectivity index (χ3v) is 6.64. The van der Waals surface area contributed by atoms with Crippen LogP contribution in [0.1, 0.15) is 47.7 Å². The van der Waals surface area contributed by atoms with Gasteiger partial charge in [-0.1, -0.05) is 23.7 Å². The van der Waals surface area contributed by atoms with Gasteiger partial charge in [-0.15, -0.1) is 5.10 Å². The molecular formula is C26H26ClN5O5. The van der Waals surface area contributed by atoms with Crippen molar-refractivity contribution in [2.45, 2.75) is 38.0 Å². The van der Waals surface area contributed by atoms with Gasteiger partial charge in [0, 0.05) is 28.9 Å². The molecule has 0 fully saturated rings. The van der Waals surface area contributed by atoms with Crippen LogP contribution in [0.3, 0.4) is 0 Å². The zero-order valence-corrected chi connectivity index (χ0v) is 21.1. The first kappa shape index (κ1) is 24.8. The van der Waals surface area contributed by atoms with E-state index in [0.29, 0.717) is 41.7 Å². The number of nitrogens with zero attached hydrogens (tertiary/aromatic N) is 5. The smallest absolute Gasteiger partial charge is 0.311 e. The largest absolute Gasteiger partial charge is 0.493 e. The highest BCUT2D eigenvalue weighted by Crippen LogP contribution is 2.46. The average molecular weight is 524 g/mol. The van der Waals surface area contributed by atoms with E-state index < -0.39 is 12.1 Å². The van der Waals surface area contributed by atoms with Gasteiger partial charge >= 0.3 is 5.97 Å². The molecule has 3 heterocycles. The Morgan fingerprint density at radius 1 is 1.14 bits per heavy atom. The lowest BCUT2D eigenvalue weighted by atomic mass is 9.98. The van der Waals surface area contributed by atoms with Gasteiger partial charge in [-0.2, -0.15) is 0 Å². The number of aromatic nitrogens is 5. The number of ether oxygens (including phenoxy) is 3. The van der Waals surface area contributed by atoms with Gasteiger partial charge in [-0.05, 0) is 59.7 Å². The first-order valence-electron chi connectivity index (χ1n) is 11.8. The second-order valence-electron chi connectivity index (χ2n) is 8.62. The Bertz CT molecular complexity index is 1420. The molecule has 0 radical (unpaired) electrons. The van der Waals surface area contributed by atoms with Crippen molar-refractivity contribution < 1.29 is 24.1 Å². The van der Waals surface area contributed by atoms with Gasteiger partial charge in [0.05, 0.1) is 31.7 Å². The summed E-state index contributed by atoms with van der Waals surface area (Å²) in [5.41, 5.74) is 3.69. The second-order valence-corrected chi connectivity index (χ2v) is 9.06. The van der Waals surface area contributed by atoms with Crippen LogP contribution < -0.4 is 9.47 Å². The molecule has 2 aromatic carbocycles. The first-order chi connectivity index (χ1) is 18.0. The monoisotopic (exact) mass is 523 g/mol. The van der Waals surface area contributed by atoms with Crippen molar-refractivity contribution in [1.82, 2.24) is 24.8 Å². The number of carboxylic acid groups (broad SMARTS) is 1. The van der Waals surface area contributed by atoms with Crippen LogP contribution in [0.15, 0.2) is 54.7 Å². The molecule has 37 heavy (non-hydrogen) atoms. The van der Waals surface area contributed by atoms with Crippen molar-refractivity contribution in [3.05, 3.63) is 82.4 Å². The number of aliphatic carboxylic acids is 1. The number of methoxy groups -OCH3 is 2. The minimum Gasteiger partial charge on any atom is -0.493 e. The number of rotatable bonds is 9. The van der Waals surface area contributed by atoms with Crippen molar-refractivity contribution in [3.8, 4) is 17.2 Å². The summed E-state index contributed by atoms with van der Waals surface area (Å²) in [6.45, 7) is 0.460. The summed E-state index contributed by atoms with van der Waals surface area (Å²) < 4.78 is 21.8. The predicted octanol–water partition coefficient (Wildman–Crippen LogP) is 4.40. The highest BCUT2D eigenvalue weighted by Gasteiger charge is 2.32. The van der Waals surface area contributed by atoms with E-state index in [0.717, 1.165) is 22.5 Å². The summed E-state index contributed by atoms with van der Waals surface area (Å²) in [5, 5.41) is 21.1. The molecule has 0 saturated carbocycles. The van der Waals surface area contributed by atoms with Crippen LogP contribution in [-0.2, 0) is 22.5 Å². The van der Waals surface area contributed by atoms with Crippen LogP contribution in [0.25, 0.3) is 5.69 Å². The van der Waals surface area contributed by atoms with E-state index in [1.165, 1.54) is 4.68 Å². The highest BCUT2D eigenvalue weighted by molar-refractivity contribution is 6.30. The molecule has 10 nitrogen and oxygen atoms in total. The van der Waals surface area contributed by atoms with E-state index in [-0.39, 0.29) is 12.5 Å². The lowest BCUT2D eigenvalue weighted by Crippen LogP contribution is -2.14.